The van der Waals surface area contributed by atoms with Gasteiger partial charge in [-0.3, -0.25) is 9.69 Å². The van der Waals surface area contributed by atoms with Crippen LogP contribution in [-0.4, -0.2) is 18.1 Å². The third-order valence-electron chi connectivity index (χ3n) is 7.25. The molecule has 4 nitrogen and oxygen atoms in total. The van der Waals surface area contributed by atoms with Gasteiger partial charge in [0.2, 0.25) is 0 Å². The van der Waals surface area contributed by atoms with Gasteiger partial charge in [0, 0.05) is 11.6 Å². The fourth-order valence-electron chi connectivity index (χ4n) is 5.26. The summed E-state index contributed by atoms with van der Waals surface area (Å²) in [6, 6.07) is 25.7. The van der Waals surface area contributed by atoms with E-state index < -0.39 is 5.41 Å². The molecule has 1 N–H and O–H groups in total. The van der Waals surface area contributed by atoms with Crippen LogP contribution in [0.1, 0.15) is 38.9 Å². The van der Waals surface area contributed by atoms with Crippen molar-refractivity contribution in [3.63, 3.8) is 0 Å². The van der Waals surface area contributed by atoms with E-state index in [1.165, 1.54) is 5.56 Å². The molecule has 5 rings (SSSR count). The van der Waals surface area contributed by atoms with Gasteiger partial charge in [-0.25, -0.2) is 0 Å². The van der Waals surface area contributed by atoms with Crippen LogP contribution in [0.25, 0.3) is 0 Å². The largest absolute Gasteiger partial charge is 0.507 e. The van der Waals surface area contributed by atoms with Gasteiger partial charge in [-0.05, 0) is 79.3 Å². The van der Waals surface area contributed by atoms with Crippen LogP contribution in [0, 0.1) is 27.7 Å². The molecule has 0 spiro atoms. The molecule has 35 heavy (non-hydrogen) atoms. The highest BCUT2D eigenvalue weighted by Crippen LogP contribution is 2.53. The fraction of sp³-hybridized carbons (Fsp3) is 0.194. The van der Waals surface area contributed by atoms with Crippen LogP contribution in [0.4, 0.5) is 11.4 Å². The van der Waals surface area contributed by atoms with Crippen molar-refractivity contribution in [3.05, 3.63) is 118 Å². The van der Waals surface area contributed by atoms with E-state index in [9.17, 15) is 9.90 Å². The predicted molar refractivity (Wildman–Crippen MR) is 140 cm³/mol. The summed E-state index contributed by atoms with van der Waals surface area (Å²) in [5, 5.41) is 10.5. The number of fused-ring (bicyclic) bond motifs is 1. The number of carbonyl (C=O) groups excluding carboxylic acids is 1. The first-order chi connectivity index (χ1) is 16.8. The Bertz CT molecular complexity index is 1450. The van der Waals surface area contributed by atoms with E-state index in [4.69, 9.17) is 4.74 Å². The Labute approximate surface area is 206 Å². The third kappa shape index (κ3) is 3.32. The molecule has 0 bridgehead atoms. The van der Waals surface area contributed by atoms with Crippen molar-refractivity contribution in [2.75, 3.05) is 12.0 Å². The van der Waals surface area contributed by atoms with Crippen molar-refractivity contribution in [1.82, 2.24) is 0 Å². The molecule has 0 saturated carbocycles. The molecule has 1 unspecified atom stereocenters. The van der Waals surface area contributed by atoms with Crippen LogP contribution in [0.2, 0.25) is 0 Å². The molecule has 176 valence electrons. The van der Waals surface area contributed by atoms with Crippen LogP contribution in [0.3, 0.4) is 0 Å². The maximum absolute atomic E-state index is 14.8. The van der Waals surface area contributed by atoms with E-state index in [2.05, 4.69) is 32.0 Å². The van der Waals surface area contributed by atoms with E-state index in [0.29, 0.717) is 5.75 Å². The van der Waals surface area contributed by atoms with Gasteiger partial charge in [0.05, 0.1) is 18.5 Å². The number of phenols is 1. The fourth-order valence-corrected chi connectivity index (χ4v) is 5.26. The molecule has 0 radical (unpaired) electrons. The molecule has 0 aliphatic carbocycles. The summed E-state index contributed by atoms with van der Waals surface area (Å²) in [5.41, 5.74) is 6.98. The van der Waals surface area contributed by atoms with Gasteiger partial charge in [0.15, 0.2) is 0 Å². The Morgan fingerprint density at radius 3 is 2.11 bits per heavy atom. The minimum Gasteiger partial charge on any atom is -0.507 e. The Kier molecular flexibility index (Phi) is 5.40. The number of rotatable bonds is 4. The minimum absolute atomic E-state index is 0.0558. The number of nitrogens with zero attached hydrogens (tertiary/aromatic N) is 1. The monoisotopic (exact) mass is 463 g/mol. The normalized spacial score (nSPS) is 16.9. The van der Waals surface area contributed by atoms with E-state index in [-0.39, 0.29) is 11.7 Å². The molecule has 1 amide bonds. The summed E-state index contributed by atoms with van der Waals surface area (Å²) in [4.78, 5) is 16.6. The number of ether oxygens (including phenoxy) is 1. The second-order valence-corrected chi connectivity index (χ2v) is 9.37. The molecule has 4 heteroatoms. The first-order valence-corrected chi connectivity index (χ1v) is 11.8. The number of phenolic OH excluding ortho intramolecular Hbond substituents is 1. The summed E-state index contributed by atoms with van der Waals surface area (Å²) >= 11 is 0. The highest BCUT2D eigenvalue weighted by molar-refractivity contribution is 6.17. The minimum atomic E-state index is -1.07. The van der Waals surface area contributed by atoms with Crippen molar-refractivity contribution in [3.8, 4) is 11.5 Å². The standard InChI is InChI=1S/C31H29NO3/c1-19-13-14-23(15-20(19)2)31(24-16-21(3)29(33)22(4)17-24)27-11-6-7-12-28(27)32(30(31)34)25-9-8-10-26(18-25)35-5/h6-18,33H,1-5H3. The average Bonchev–Trinajstić information content (AvgIpc) is 3.12. The summed E-state index contributed by atoms with van der Waals surface area (Å²) < 4.78 is 5.47. The number of benzene rings is 4. The van der Waals surface area contributed by atoms with Gasteiger partial charge in [-0.15, -0.1) is 0 Å². The number of methoxy groups -OCH3 is 1. The molecule has 0 fully saturated rings. The van der Waals surface area contributed by atoms with Gasteiger partial charge in [0.1, 0.15) is 16.9 Å². The maximum Gasteiger partial charge on any atom is 0.251 e. The highest BCUT2D eigenvalue weighted by Gasteiger charge is 2.54. The second-order valence-electron chi connectivity index (χ2n) is 9.37. The number of hydrogen-bond donors (Lipinski definition) is 1. The number of carbonyl (C=O) groups is 1. The summed E-state index contributed by atoms with van der Waals surface area (Å²) in [7, 11) is 1.63. The van der Waals surface area contributed by atoms with Gasteiger partial charge in [-0.1, -0.05) is 54.6 Å². The van der Waals surface area contributed by atoms with Crippen LogP contribution in [-0.2, 0) is 10.2 Å². The lowest BCUT2D eigenvalue weighted by molar-refractivity contribution is -0.120. The van der Waals surface area contributed by atoms with Gasteiger partial charge in [0.25, 0.3) is 5.91 Å². The summed E-state index contributed by atoms with van der Waals surface area (Å²) in [6.45, 7) is 7.91. The Hall–Kier alpha value is -4.05. The average molecular weight is 464 g/mol. The number of aromatic hydroxyl groups is 1. The van der Waals surface area contributed by atoms with Gasteiger partial charge >= 0.3 is 0 Å². The lowest BCUT2D eigenvalue weighted by Crippen LogP contribution is -2.40. The van der Waals surface area contributed by atoms with E-state index in [1.807, 2.05) is 74.5 Å². The van der Waals surface area contributed by atoms with Crippen molar-refractivity contribution < 1.29 is 14.6 Å². The second kappa shape index (κ2) is 8.31. The van der Waals surface area contributed by atoms with E-state index in [0.717, 1.165) is 44.8 Å². The van der Waals surface area contributed by atoms with Crippen molar-refractivity contribution in [1.29, 1.82) is 0 Å². The quantitative estimate of drug-likeness (QED) is 0.369. The number of anilines is 2. The molecular weight excluding hydrogens is 434 g/mol. The lowest BCUT2D eigenvalue weighted by Gasteiger charge is -2.31. The van der Waals surface area contributed by atoms with E-state index >= 15 is 0 Å². The smallest absolute Gasteiger partial charge is 0.251 e. The molecule has 1 heterocycles. The Balaban J connectivity index is 1.88. The van der Waals surface area contributed by atoms with Crippen LogP contribution < -0.4 is 9.64 Å². The van der Waals surface area contributed by atoms with Crippen LogP contribution >= 0.6 is 0 Å². The Morgan fingerprint density at radius 2 is 1.43 bits per heavy atom. The first-order valence-electron chi connectivity index (χ1n) is 11.8. The zero-order valence-corrected chi connectivity index (χ0v) is 20.7. The van der Waals surface area contributed by atoms with Gasteiger partial charge in [-0.2, -0.15) is 0 Å². The number of amides is 1. The summed E-state index contributed by atoms with van der Waals surface area (Å²) in [6.07, 6.45) is 0. The lowest BCUT2D eigenvalue weighted by atomic mass is 9.69. The molecule has 4 aromatic carbocycles. The predicted octanol–water partition coefficient (Wildman–Crippen LogP) is 6.65. The SMILES string of the molecule is COc1cccc(N2C(=O)C(c3ccc(C)c(C)c3)(c3cc(C)c(O)c(C)c3)c3ccccc32)c1. The number of hydrogen-bond acceptors (Lipinski definition) is 3. The topological polar surface area (TPSA) is 49.8 Å². The molecule has 0 aromatic heterocycles. The summed E-state index contributed by atoms with van der Waals surface area (Å²) in [5.74, 6) is 0.889. The van der Waals surface area contributed by atoms with Crippen molar-refractivity contribution in [2.24, 2.45) is 0 Å². The van der Waals surface area contributed by atoms with Crippen molar-refractivity contribution in [2.45, 2.75) is 33.1 Å². The molecule has 1 atom stereocenters. The van der Waals surface area contributed by atoms with Crippen LogP contribution in [0.15, 0.2) is 78.9 Å². The maximum atomic E-state index is 14.8. The number of aryl methyl sites for hydroxylation is 4. The highest BCUT2D eigenvalue weighted by atomic mass is 16.5. The zero-order chi connectivity index (χ0) is 24.9. The molecule has 4 aromatic rings. The third-order valence-corrected chi connectivity index (χ3v) is 7.25. The number of para-hydroxylation sites is 1. The van der Waals surface area contributed by atoms with Crippen LogP contribution in [0.5, 0.6) is 11.5 Å². The molecule has 0 saturated heterocycles. The molecule has 1 aliphatic heterocycles. The Morgan fingerprint density at radius 1 is 0.743 bits per heavy atom. The first kappa shape index (κ1) is 22.7. The molecule has 1 aliphatic rings. The van der Waals surface area contributed by atoms with E-state index in [1.54, 1.807) is 12.0 Å². The van der Waals surface area contributed by atoms with Gasteiger partial charge < -0.3 is 9.84 Å². The van der Waals surface area contributed by atoms with Crippen molar-refractivity contribution >= 4 is 17.3 Å². The zero-order valence-electron chi connectivity index (χ0n) is 20.7. The molecular formula is C31H29NO3.